The van der Waals surface area contributed by atoms with E-state index in [1.165, 1.54) is 0 Å². The second-order valence-corrected chi connectivity index (χ2v) is 6.43. The van der Waals surface area contributed by atoms with Crippen molar-refractivity contribution in [2.75, 3.05) is 11.9 Å². The van der Waals surface area contributed by atoms with E-state index in [0.717, 1.165) is 44.2 Å². The van der Waals surface area contributed by atoms with Crippen LogP contribution >= 0.6 is 27.5 Å². The molecule has 0 aliphatic heterocycles. The molecule has 0 aromatic heterocycles. The third kappa shape index (κ3) is 3.95. The molecule has 116 valence electrons. The molecule has 0 saturated heterocycles. The van der Waals surface area contributed by atoms with E-state index in [2.05, 4.69) is 15.9 Å². The van der Waals surface area contributed by atoms with Crippen LogP contribution in [-0.4, -0.2) is 28.7 Å². The molecule has 0 bridgehead atoms. The molecule has 0 heterocycles. The summed E-state index contributed by atoms with van der Waals surface area (Å²) in [4.78, 5) is 14.2. The van der Waals surface area contributed by atoms with Crippen LogP contribution in [0.1, 0.15) is 42.5 Å². The predicted octanol–water partition coefficient (Wildman–Crippen LogP) is 4.79. The van der Waals surface area contributed by atoms with E-state index in [0.29, 0.717) is 11.9 Å². The van der Waals surface area contributed by atoms with Crippen LogP contribution in [0.15, 0.2) is 12.1 Å². The number of nitrogens with zero attached hydrogens (tertiary/aromatic N) is 1. The Morgan fingerprint density at radius 3 is 2.52 bits per heavy atom. The summed E-state index contributed by atoms with van der Waals surface area (Å²) in [6.45, 7) is 0.479. The van der Waals surface area contributed by atoms with Crippen molar-refractivity contribution < 1.29 is 13.6 Å². The predicted molar refractivity (Wildman–Crippen MR) is 83.1 cm³/mol. The maximum atomic E-state index is 13.9. The molecule has 0 spiro atoms. The second kappa shape index (κ2) is 7.54. The highest BCUT2D eigenvalue weighted by molar-refractivity contribution is 9.09. The van der Waals surface area contributed by atoms with Crippen LogP contribution < -0.4 is 0 Å². The van der Waals surface area contributed by atoms with Gasteiger partial charge in [0.1, 0.15) is 11.6 Å². The van der Waals surface area contributed by atoms with Crippen molar-refractivity contribution in [3.05, 3.63) is 34.4 Å². The van der Waals surface area contributed by atoms with Gasteiger partial charge in [0.2, 0.25) is 0 Å². The van der Waals surface area contributed by atoms with Gasteiger partial charge in [0.05, 0.1) is 10.6 Å². The van der Waals surface area contributed by atoms with Gasteiger partial charge in [0.15, 0.2) is 0 Å². The minimum Gasteiger partial charge on any atom is -0.335 e. The SMILES string of the molecule is O=C(c1cc(F)c(Cl)cc1F)N(CCBr)C1CCCCC1. The van der Waals surface area contributed by atoms with Crippen molar-refractivity contribution in [1.29, 1.82) is 0 Å². The Kier molecular flexibility index (Phi) is 5.99. The summed E-state index contributed by atoms with van der Waals surface area (Å²) in [6, 6.07) is 1.85. The number of benzene rings is 1. The van der Waals surface area contributed by atoms with Gasteiger partial charge in [-0.1, -0.05) is 46.8 Å². The molecule has 1 fully saturated rings. The molecule has 2 rings (SSSR count). The minimum atomic E-state index is -0.776. The lowest BCUT2D eigenvalue weighted by molar-refractivity contribution is 0.0646. The van der Waals surface area contributed by atoms with E-state index in [-0.39, 0.29) is 16.6 Å². The fourth-order valence-corrected chi connectivity index (χ4v) is 3.31. The molecule has 0 radical (unpaired) electrons. The van der Waals surface area contributed by atoms with E-state index in [1.54, 1.807) is 4.90 Å². The molecule has 1 amide bonds. The second-order valence-electron chi connectivity index (χ2n) is 5.23. The lowest BCUT2D eigenvalue weighted by atomic mass is 9.93. The third-order valence-corrected chi connectivity index (χ3v) is 4.49. The molecule has 1 aliphatic rings. The van der Waals surface area contributed by atoms with E-state index in [1.807, 2.05) is 0 Å². The van der Waals surface area contributed by atoms with Crippen molar-refractivity contribution >= 4 is 33.4 Å². The standard InChI is InChI=1S/C15H17BrClF2NO/c16-6-7-20(10-4-2-1-3-5-10)15(21)11-8-14(19)12(17)9-13(11)18/h8-10H,1-7H2. The Morgan fingerprint density at radius 2 is 1.90 bits per heavy atom. The van der Waals surface area contributed by atoms with Crippen LogP contribution in [0.5, 0.6) is 0 Å². The summed E-state index contributed by atoms with van der Waals surface area (Å²) in [5.74, 6) is -2.01. The molecule has 1 saturated carbocycles. The molecule has 1 aliphatic carbocycles. The number of amides is 1. The van der Waals surface area contributed by atoms with Gasteiger partial charge in [0, 0.05) is 17.9 Å². The van der Waals surface area contributed by atoms with E-state index < -0.39 is 17.5 Å². The van der Waals surface area contributed by atoms with Gasteiger partial charge in [-0.2, -0.15) is 0 Å². The zero-order valence-electron chi connectivity index (χ0n) is 11.5. The zero-order valence-corrected chi connectivity index (χ0v) is 13.9. The van der Waals surface area contributed by atoms with E-state index in [9.17, 15) is 13.6 Å². The Bertz CT molecular complexity index is 521. The van der Waals surface area contributed by atoms with Gasteiger partial charge in [0.25, 0.3) is 5.91 Å². The molecule has 1 aromatic rings. The number of hydrogen-bond donors (Lipinski definition) is 0. The van der Waals surface area contributed by atoms with E-state index in [4.69, 9.17) is 11.6 Å². The first-order valence-corrected chi connectivity index (χ1v) is 8.56. The highest BCUT2D eigenvalue weighted by Crippen LogP contribution is 2.26. The number of alkyl halides is 1. The Morgan fingerprint density at radius 1 is 1.24 bits per heavy atom. The van der Waals surface area contributed by atoms with Gasteiger partial charge in [-0.3, -0.25) is 4.79 Å². The van der Waals surface area contributed by atoms with Crippen LogP contribution in [0.4, 0.5) is 8.78 Å². The molecular formula is C15H17BrClF2NO. The maximum absolute atomic E-state index is 13.9. The van der Waals surface area contributed by atoms with Gasteiger partial charge in [-0.25, -0.2) is 8.78 Å². The fourth-order valence-electron chi connectivity index (χ4n) is 2.77. The first kappa shape index (κ1) is 16.7. The Labute approximate surface area is 136 Å². The molecular weight excluding hydrogens is 364 g/mol. The molecule has 0 unspecified atom stereocenters. The molecule has 0 N–H and O–H groups in total. The van der Waals surface area contributed by atoms with Crippen molar-refractivity contribution in [1.82, 2.24) is 4.90 Å². The summed E-state index contributed by atoms with van der Waals surface area (Å²) in [7, 11) is 0. The summed E-state index contributed by atoms with van der Waals surface area (Å²) in [6.07, 6.45) is 5.12. The minimum absolute atomic E-state index is 0.0990. The zero-order chi connectivity index (χ0) is 15.4. The van der Waals surface area contributed by atoms with E-state index >= 15 is 0 Å². The lowest BCUT2D eigenvalue weighted by Crippen LogP contribution is -2.43. The topological polar surface area (TPSA) is 20.3 Å². The monoisotopic (exact) mass is 379 g/mol. The number of hydrogen-bond acceptors (Lipinski definition) is 1. The third-order valence-electron chi connectivity index (χ3n) is 3.84. The first-order valence-electron chi connectivity index (χ1n) is 7.06. The fraction of sp³-hybridized carbons (Fsp3) is 0.533. The molecule has 6 heteroatoms. The van der Waals surface area contributed by atoms with Crippen LogP contribution in [0.25, 0.3) is 0 Å². The average Bonchev–Trinajstić information content (AvgIpc) is 2.49. The number of carbonyl (C=O) groups excluding carboxylic acids is 1. The number of halogens is 4. The number of carbonyl (C=O) groups is 1. The van der Waals surface area contributed by atoms with Crippen molar-refractivity contribution in [2.24, 2.45) is 0 Å². The Hall–Kier alpha value is -0.680. The summed E-state index contributed by atoms with van der Waals surface area (Å²) < 4.78 is 27.5. The van der Waals surface area contributed by atoms with Crippen LogP contribution in [-0.2, 0) is 0 Å². The van der Waals surface area contributed by atoms with Gasteiger partial charge < -0.3 is 4.90 Å². The average molecular weight is 381 g/mol. The smallest absolute Gasteiger partial charge is 0.257 e. The summed E-state index contributed by atoms with van der Waals surface area (Å²) in [5.41, 5.74) is -0.247. The summed E-state index contributed by atoms with van der Waals surface area (Å²) in [5, 5.41) is 0.293. The normalized spacial score (nSPS) is 16.0. The lowest BCUT2D eigenvalue weighted by Gasteiger charge is -2.34. The largest absolute Gasteiger partial charge is 0.335 e. The molecule has 2 nitrogen and oxygen atoms in total. The highest BCUT2D eigenvalue weighted by Gasteiger charge is 2.28. The van der Waals surface area contributed by atoms with Gasteiger partial charge >= 0.3 is 0 Å². The Balaban J connectivity index is 2.27. The van der Waals surface area contributed by atoms with Crippen LogP contribution in [0.3, 0.4) is 0 Å². The quantitative estimate of drug-likeness (QED) is 0.543. The summed E-state index contributed by atoms with van der Waals surface area (Å²) >= 11 is 8.85. The number of rotatable bonds is 4. The van der Waals surface area contributed by atoms with Crippen LogP contribution in [0, 0.1) is 11.6 Å². The molecule has 1 aromatic carbocycles. The van der Waals surface area contributed by atoms with Crippen molar-refractivity contribution in [3.63, 3.8) is 0 Å². The first-order chi connectivity index (χ1) is 10.0. The highest BCUT2D eigenvalue weighted by atomic mass is 79.9. The maximum Gasteiger partial charge on any atom is 0.257 e. The van der Waals surface area contributed by atoms with Gasteiger partial charge in [-0.15, -0.1) is 0 Å². The molecule has 0 atom stereocenters. The van der Waals surface area contributed by atoms with Crippen molar-refractivity contribution in [2.45, 2.75) is 38.1 Å². The van der Waals surface area contributed by atoms with Crippen LogP contribution in [0.2, 0.25) is 5.02 Å². The van der Waals surface area contributed by atoms with Gasteiger partial charge in [-0.05, 0) is 25.0 Å². The molecule has 21 heavy (non-hydrogen) atoms. The van der Waals surface area contributed by atoms with Crippen molar-refractivity contribution in [3.8, 4) is 0 Å².